The minimum atomic E-state index is -0.472. The first-order valence-corrected chi connectivity index (χ1v) is 8.66. The first-order chi connectivity index (χ1) is 11.1. The molecule has 1 aromatic rings. The van der Waals surface area contributed by atoms with Crippen molar-refractivity contribution in [2.45, 2.75) is 51.5 Å². The van der Waals surface area contributed by atoms with Crippen LogP contribution in [-0.2, 0) is 16.0 Å². The van der Waals surface area contributed by atoms with Crippen molar-refractivity contribution in [3.05, 3.63) is 35.9 Å². The van der Waals surface area contributed by atoms with Crippen molar-refractivity contribution in [1.29, 1.82) is 0 Å². The number of nitrogens with zero attached hydrogens (tertiary/aromatic N) is 1. The van der Waals surface area contributed by atoms with Crippen molar-refractivity contribution in [2.75, 3.05) is 6.61 Å². The van der Waals surface area contributed by atoms with E-state index in [9.17, 15) is 9.59 Å². The van der Waals surface area contributed by atoms with Crippen LogP contribution in [0, 0.1) is 11.8 Å². The fraction of sp³-hybridized carbons (Fsp3) is 0.579. The summed E-state index contributed by atoms with van der Waals surface area (Å²) in [6.45, 7) is 2.58. The van der Waals surface area contributed by atoms with Gasteiger partial charge in [-0.1, -0.05) is 50.1 Å². The van der Waals surface area contributed by atoms with Gasteiger partial charge in [-0.2, -0.15) is 0 Å². The lowest BCUT2D eigenvalue weighted by atomic mass is 9.81. The first-order valence-electron chi connectivity index (χ1n) is 8.66. The Morgan fingerprint density at radius 3 is 2.57 bits per heavy atom. The second kappa shape index (κ2) is 7.16. The molecule has 0 radical (unpaired) electrons. The van der Waals surface area contributed by atoms with Gasteiger partial charge in [-0.05, 0) is 36.7 Å². The summed E-state index contributed by atoms with van der Waals surface area (Å²) in [4.78, 5) is 26.0. The Hall–Kier alpha value is -1.84. The summed E-state index contributed by atoms with van der Waals surface area (Å²) in [5.41, 5.74) is 1.13. The molecule has 3 rings (SSSR count). The third-order valence-electron chi connectivity index (χ3n) is 5.14. The van der Waals surface area contributed by atoms with Crippen LogP contribution in [-0.4, -0.2) is 29.5 Å². The van der Waals surface area contributed by atoms with Gasteiger partial charge in [-0.3, -0.25) is 4.79 Å². The van der Waals surface area contributed by atoms with Gasteiger partial charge < -0.3 is 4.74 Å². The molecule has 0 aromatic heterocycles. The van der Waals surface area contributed by atoms with Gasteiger partial charge in [0.05, 0.1) is 6.04 Å². The molecule has 1 atom stereocenters. The molecule has 1 aromatic carbocycles. The molecule has 4 heteroatoms. The van der Waals surface area contributed by atoms with Gasteiger partial charge in [-0.15, -0.1) is 0 Å². The topological polar surface area (TPSA) is 46.6 Å². The van der Waals surface area contributed by atoms with Crippen molar-refractivity contribution in [3.63, 3.8) is 0 Å². The van der Waals surface area contributed by atoms with Gasteiger partial charge in [-0.25, -0.2) is 9.69 Å². The Kier molecular flexibility index (Phi) is 4.99. The molecule has 0 spiro atoms. The Bertz CT molecular complexity index is 549. The Balaban J connectivity index is 1.61. The number of imide groups is 1. The van der Waals surface area contributed by atoms with Gasteiger partial charge in [0.2, 0.25) is 5.91 Å². The van der Waals surface area contributed by atoms with Crippen LogP contribution >= 0.6 is 0 Å². The van der Waals surface area contributed by atoms with Gasteiger partial charge >= 0.3 is 6.09 Å². The molecule has 1 saturated heterocycles. The van der Waals surface area contributed by atoms with E-state index in [4.69, 9.17) is 4.74 Å². The number of amides is 2. The normalized spacial score (nSPS) is 27.8. The largest absolute Gasteiger partial charge is 0.447 e. The zero-order chi connectivity index (χ0) is 16.2. The molecule has 1 aliphatic carbocycles. The summed E-state index contributed by atoms with van der Waals surface area (Å²) in [5.74, 6) is 1.13. The quantitative estimate of drug-likeness (QED) is 0.849. The van der Waals surface area contributed by atoms with Crippen LogP contribution in [0.15, 0.2) is 30.3 Å². The molecular formula is C19H25NO3. The van der Waals surface area contributed by atoms with Crippen molar-refractivity contribution in [1.82, 2.24) is 4.90 Å². The highest BCUT2D eigenvalue weighted by molar-refractivity contribution is 5.93. The molecule has 1 aliphatic heterocycles. The molecule has 2 aliphatic rings. The molecule has 23 heavy (non-hydrogen) atoms. The highest BCUT2D eigenvalue weighted by Gasteiger charge is 2.38. The molecule has 4 nitrogen and oxygen atoms in total. The fourth-order valence-corrected chi connectivity index (χ4v) is 3.68. The summed E-state index contributed by atoms with van der Waals surface area (Å²) in [7, 11) is 0. The lowest BCUT2D eigenvalue weighted by Crippen LogP contribution is -2.41. The van der Waals surface area contributed by atoms with E-state index >= 15 is 0 Å². The maximum atomic E-state index is 12.6. The second-order valence-corrected chi connectivity index (χ2v) is 7.01. The number of hydrogen-bond acceptors (Lipinski definition) is 3. The maximum absolute atomic E-state index is 12.6. The van der Waals surface area contributed by atoms with Crippen molar-refractivity contribution < 1.29 is 14.3 Å². The SMILES string of the molecule is CC1CCC(CC(=O)N2C(=O)OC[C@@H]2Cc2ccccc2)CC1. The third-order valence-corrected chi connectivity index (χ3v) is 5.14. The summed E-state index contributed by atoms with van der Waals surface area (Å²) in [6, 6.07) is 9.79. The molecule has 2 fully saturated rings. The average molecular weight is 315 g/mol. The number of rotatable bonds is 4. The second-order valence-electron chi connectivity index (χ2n) is 7.01. The average Bonchev–Trinajstić information content (AvgIpc) is 2.91. The Morgan fingerprint density at radius 1 is 1.17 bits per heavy atom. The molecule has 2 amide bonds. The summed E-state index contributed by atoms with van der Waals surface area (Å²) in [5, 5.41) is 0. The molecule has 0 bridgehead atoms. The highest BCUT2D eigenvalue weighted by atomic mass is 16.6. The summed E-state index contributed by atoms with van der Waals surface area (Å²) >= 11 is 0. The van der Waals surface area contributed by atoms with Gasteiger partial charge in [0.15, 0.2) is 0 Å². The van der Waals surface area contributed by atoms with Crippen LogP contribution in [0.4, 0.5) is 4.79 Å². The lowest BCUT2D eigenvalue weighted by Gasteiger charge is -2.27. The van der Waals surface area contributed by atoms with E-state index in [2.05, 4.69) is 6.92 Å². The predicted molar refractivity (Wildman–Crippen MR) is 87.9 cm³/mol. The molecule has 0 N–H and O–H groups in total. The van der Waals surface area contributed by atoms with Crippen molar-refractivity contribution in [2.24, 2.45) is 11.8 Å². The number of carbonyl (C=O) groups is 2. The van der Waals surface area contributed by atoms with Crippen LogP contribution in [0.3, 0.4) is 0 Å². The van der Waals surface area contributed by atoms with Crippen molar-refractivity contribution in [3.8, 4) is 0 Å². The number of benzene rings is 1. The van der Waals surface area contributed by atoms with Crippen LogP contribution in [0.5, 0.6) is 0 Å². The third kappa shape index (κ3) is 3.92. The zero-order valence-corrected chi connectivity index (χ0v) is 13.7. The van der Waals surface area contributed by atoms with Crippen molar-refractivity contribution >= 4 is 12.0 Å². The molecule has 124 valence electrons. The smallest absolute Gasteiger partial charge is 0.416 e. The van der Waals surface area contributed by atoms with Crippen LogP contribution in [0.2, 0.25) is 0 Å². The van der Waals surface area contributed by atoms with E-state index in [1.807, 2.05) is 30.3 Å². The standard InChI is InChI=1S/C19H25NO3/c1-14-7-9-16(10-8-14)12-18(21)20-17(13-23-19(20)22)11-15-5-3-2-4-6-15/h2-6,14,16-17H,7-13H2,1H3/t14?,16?,17-/m0/s1. The van der Waals surface area contributed by atoms with E-state index < -0.39 is 6.09 Å². The van der Waals surface area contributed by atoms with Gasteiger partial charge in [0, 0.05) is 6.42 Å². The number of hydrogen-bond donors (Lipinski definition) is 0. The fourth-order valence-electron chi connectivity index (χ4n) is 3.68. The first kappa shape index (κ1) is 16.0. The minimum Gasteiger partial charge on any atom is -0.447 e. The predicted octanol–water partition coefficient (Wildman–Crippen LogP) is 3.79. The monoisotopic (exact) mass is 315 g/mol. The Morgan fingerprint density at radius 2 is 1.87 bits per heavy atom. The number of ether oxygens (including phenoxy) is 1. The van der Waals surface area contributed by atoms with Gasteiger partial charge in [0.1, 0.15) is 6.61 Å². The van der Waals surface area contributed by atoms with E-state index in [1.165, 1.54) is 17.7 Å². The summed E-state index contributed by atoms with van der Waals surface area (Å²) in [6.07, 6.45) is 5.25. The number of cyclic esters (lactones) is 1. The van der Waals surface area contributed by atoms with Gasteiger partial charge in [0.25, 0.3) is 0 Å². The summed E-state index contributed by atoms with van der Waals surface area (Å²) < 4.78 is 5.14. The number of carbonyl (C=O) groups excluding carboxylic acids is 2. The highest BCUT2D eigenvalue weighted by Crippen LogP contribution is 2.31. The maximum Gasteiger partial charge on any atom is 0.416 e. The van der Waals surface area contributed by atoms with E-state index in [-0.39, 0.29) is 11.9 Å². The Labute approximate surface area is 137 Å². The van der Waals surface area contributed by atoms with Crippen LogP contribution in [0.25, 0.3) is 0 Å². The molecule has 0 unspecified atom stereocenters. The van der Waals surface area contributed by atoms with E-state index in [0.717, 1.165) is 24.3 Å². The zero-order valence-electron chi connectivity index (χ0n) is 13.7. The molecule has 1 heterocycles. The molecule has 1 saturated carbocycles. The van der Waals surface area contributed by atoms with Crippen LogP contribution < -0.4 is 0 Å². The van der Waals surface area contributed by atoms with E-state index in [1.54, 1.807) is 0 Å². The lowest BCUT2D eigenvalue weighted by molar-refractivity contribution is -0.130. The molecular weight excluding hydrogens is 290 g/mol. The van der Waals surface area contributed by atoms with E-state index in [0.29, 0.717) is 25.4 Å². The van der Waals surface area contributed by atoms with Crippen LogP contribution in [0.1, 0.15) is 44.6 Å². The minimum absolute atomic E-state index is 0.0621.